The fourth-order valence-corrected chi connectivity index (χ4v) is 3.52. The van der Waals surface area contributed by atoms with Gasteiger partial charge in [-0.3, -0.25) is 0 Å². The first-order valence-corrected chi connectivity index (χ1v) is 7.87. The summed E-state index contributed by atoms with van der Waals surface area (Å²) >= 11 is 0. The Morgan fingerprint density at radius 1 is 1.26 bits per heavy atom. The third kappa shape index (κ3) is 3.19. The summed E-state index contributed by atoms with van der Waals surface area (Å²) in [4.78, 5) is 4.40. The average Bonchev–Trinajstić information content (AvgIpc) is 2.88. The van der Waals surface area contributed by atoms with E-state index in [2.05, 4.69) is 30.3 Å². The van der Waals surface area contributed by atoms with Gasteiger partial charge in [0.05, 0.1) is 6.33 Å². The Bertz CT molecular complexity index is 377. The van der Waals surface area contributed by atoms with Crippen LogP contribution in [-0.4, -0.2) is 16.1 Å². The largest absolute Gasteiger partial charge is 0.331 e. The zero-order chi connectivity index (χ0) is 13.8. The summed E-state index contributed by atoms with van der Waals surface area (Å²) in [7, 11) is 0. The second kappa shape index (κ2) is 6.56. The van der Waals surface area contributed by atoms with Gasteiger partial charge in [0.15, 0.2) is 0 Å². The molecule has 0 radical (unpaired) electrons. The molecule has 1 heterocycles. The summed E-state index contributed by atoms with van der Waals surface area (Å²) in [5, 5.41) is 0. The molecule has 1 aliphatic rings. The molecule has 1 fully saturated rings. The fourth-order valence-electron chi connectivity index (χ4n) is 3.52. The second-order valence-corrected chi connectivity index (χ2v) is 6.45. The quantitative estimate of drug-likeness (QED) is 0.880. The zero-order valence-electron chi connectivity index (χ0n) is 12.7. The summed E-state index contributed by atoms with van der Waals surface area (Å²) in [5.41, 5.74) is 7.30. The maximum Gasteiger partial charge on any atom is 0.0950 e. The lowest BCUT2D eigenvalue weighted by Crippen LogP contribution is -2.25. The van der Waals surface area contributed by atoms with Crippen molar-refractivity contribution in [2.75, 3.05) is 6.54 Å². The number of imidazole rings is 1. The van der Waals surface area contributed by atoms with E-state index in [1.807, 2.05) is 12.5 Å². The van der Waals surface area contributed by atoms with E-state index in [9.17, 15) is 0 Å². The van der Waals surface area contributed by atoms with Crippen LogP contribution in [-0.2, 0) is 0 Å². The highest BCUT2D eigenvalue weighted by molar-refractivity contribution is 5.09. The van der Waals surface area contributed by atoms with E-state index >= 15 is 0 Å². The molecular formula is C16H29N3. The van der Waals surface area contributed by atoms with Gasteiger partial charge in [-0.1, -0.05) is 33.1 Å². The van der Waals surface area contributed by atoms with Crippen LogP contribution in [0.15, 0.2) is 12.5 Å². The molecule has 1 aliphatic carbocycles. The molecule has 3 nitrogen and oxygen atoms in total. The van der Waals surface area contributed by atoms with Crippen LogP contribution in [0.3, 0.4) is 0 Å². The summed E-state index contributed by atoms with van der Waals surface area (Å²) in [6.07, 6.45) is 11.0. The van der Waals surface area contributed by atoms with Gasteiger partial charge in [0.2, 0.25) is 0 Å². The van der Waals surface area contributed by atoms with Crippen LogP contribution < -0.4 is 5.73 Å². The number of hydrogen-bond acceptors (Lipinski definition) is 2. The van der Waals surface area contributed by atoms with E-state index in [0.29, 0.717) is 24.4 Å². The molecule has 2 unspecified atom stereocenters. The summed E-state index contributed by atoms with van der Waals surface area (Å²) in [6.45, 7) is 7.57. The van der Waals surface area contributed by atoms with E-state index < -0.39 is 0 Å². The summed E-state index contributed by atoms with van der Waals surface area (Å²) < 4.78 is 2.40. The minimum atomic E-state index is 0.425. The maximum absolute atomic E-state index is 5.97. The molecule has 2 rings (SSSR count). The minimum Gasteiger partial charge on any atom is -0.331 e. The van der Waals surface area contributed by atoms with Crippen LogP contribution in [0.1, 0.15) is 70.5 Å². The predicted molar refractivity (Wildman–Crippen MR) is 80.1 cm³/mol. The third-order valence-corrected chi connectivity index (χ3v) is 4.91. The van der Waals surface area contributed by atoms with Crippen molar-refractivity contribution >= 4 is 0 Å². The molecule has 0 spiro atoms. The SMILES string of the molecule is CC(C)C(CN)c1cncn1C(C)C1CCCCC1. The van der Waals surface area contributed by atoms with E-state index in [-0.39, 0.29) is 0 Å². The highest BCUT2D eigenvalue weighted by Gasteiger charge is 2.25. The smallest absolute Gasteiger partial charge is 0.0950 e. The molecule has 2 atom stereocenters. The number of nitrogens with zero attached hydrogens (tertiary/aromatic N) is 2. The van der Waals surface area contributed by atoms with Gasteiger partial charge >= 0.3 is 0 Å². The van der Waals surface area contributed by atoms with Crippen LogP contribution in [0.4, 0.5) is 0 Å². The van der Waals surface area contributed by atoms with Gasteiger partial charge < -0.3 is 10.3 Å². The lowest BCUT2D eigenvalue weighted by atomic mass is 9.84. The highest BCUT2D eigenvalue weighted by atomic mass is 15.1. The van der Waals surface area contributed by atoms with Crippen molar-refractivity contribution in [1.82, 2.24) is 9.55 Å². The molecule has 0 bridgehead atoms. The standard InChI is InChI=1S/C16H29N3/c1-12(2)15(9-17)16-10-18-11-19(16)13(3)14-7-5-4-6-8-14/h10-15H,4-9,17H2,1-3H3. The molecular weight excluding hydrogens is 234 g/mol. The van der Waals surface area contributed by atoms with Gasteiger partial charge in [-0.05, 0) is 31.6 Å². The third-order valence-electron chi connectivity index (χ3n) is 4.91. The van der Waals surface area contributed by atoms with Crippen LogP contribution in [0.25, 0.3) is 0 Å². The van der Waals surface area contributed by atoms with Gasteiger partial charge in [0.1, 0.15) is 0 Å². The number of nitrogens with two attached hydrogens (primary N) is 1. The van der Waals surface area contributed by atoms with Crippen LogP contribution >= 0.6 is 0 Å². The number of aromatic nitrogens is 2. The minimum absolute atomic E-state index is 0.425. The second-order valence-electron chi connectivity index (χ2n) is 6.45. The zero-order valence-corrected chi connectivity index (χ0v) is 12.7. The van der Waals surface area contributed by atoms with Crippen LogP contribution in [0, 0.1) is 11.8 Å². The van der Waals surface area contributed by atoms with Gasteiger partial charge in [-0.2, -0.15) is 0 Å². The topological polar surface area (TPSA) is 43.8 Å². The molecule has 3 heteroatoms. The van der Waals surface area contributed by atoms with E-state index in [4.69, 9.17) is 5.73 Å². The summed E-state index contributed by atoms with van der Waals surface area (Å²) in [5.74, 6) is 1.81. The lowest BCUT2D eigenvalue weighted by molar-refractivity contribution is 0.256. The van der Waals surface area contributed by atoms with Gasteiger partial charge in [0, 0.05) is 30.4 Å². The van der Waals surface area contributed by atoms with Crippen molar-refractivity contribution in [3.8, 4) is 0 Å². The highest BCUT2D eigenvalue weighted by Crippen LogP contribution is 2.35. The van der Waals surface area contributed by atoms with Crippen molar-refractivity contribution < 1.29 is 0 Å². The Morgan fingerprint density at radius 3 is 2.53 bits per heavy atom. The first kappa shape index (κ1) is 14.6. The van der Waals surface area contributed by atoms with Gasteiger partial charge in [0.25, 0.3) is 0 Å². The molecule has 2 N–H and O–H groups in total. The van der Waals surface area contributed by atoms with Crippen molar-refractivity contribution in [3.05, 3.63) is 18.2 Å². The Labute approximate surface area is 117 Å². The first-order valence-electron chi connectivity index (χ1n) is 7.87. The molecule has 0 saturated heterocycles. The molecule has 1 aromatic rings. The monoisotopic (exact) mass is 263 g/mol. The lowest BCUT2D eigenvalue weighted by Gasteiger charge is -2.31. The number of rotatable bonds is 5. The first-order chi connectivity index (χ1) is 9.15. The van der Waals surface area contributed by atoms with Gasteiger partial charge in [-0.25, -0.2) is 4.98 Å². The van der Waals surface area contributed by atoms with Crippen molar-refractivity contribution in [3.63, 3.8) is 0 Å². The molecule has 0 aliphatic heterocycles. The fraction of sp³-hybridized carbons (Fsp3) is 0.812. The van der Waals surface area contributed by atoms with Crippen LogP contribution in [0.2, 0.25) is 0 Å². The maximum atomic E-state index is 5.97. The molecule has 108 valence electrons. The normalized spacial score (nSPS) is 20.7. The van der Waals surface area contributed by atoms with Crippen molar-refractivity contribution in [2.24, 2.45) is 17.6 Å². The molecule has 19 heavy (non-hydrogen) atoms. The van der Waals surface area contributed by atoms with E-state index in [0.717, 1.165) is 5.92 Å². The van der Waals surface area contributed by atoms with E-state index in [1.165, 1.54) is 37.8 Å². The Hall–Kier alpha value is -0.830. The molecule has 1 aromatic heterocycles. The van der Waals surface area contributed by atoms with Crippen LogP contribution in [0.5, 0.6) is 0 Å². The molecule has 0 aromatic carbocycles. The Kier molecular flexibility index (Phi) is 5.03. The van der Waals surface area contributed by atoms with E-state index in [1.54, 1.807) is 0 Å². The average molecular weight is 263 g/mol. The summed E-state index contributed by atoms with van der Waals surface area (Å²) in [6, 6.07) is 0.561. The van der Waals surface area contributed by atoms with Crippen molar-refractivity contribution in [2.45, 2.75) is 64.8 Å². The van der Waals surface area contributed by atoms with Gasteiger partial charge in [-0.15, -0.1) is 0 Å². The Balaban J connectivity index is 2.17. The van der Waals surface area contributed by atoms with Crippen molar-refractivity contribution in [1.29, 1.82) is 0 Å². The molecule has 1 saturated carbocycles. The molecule has 0 amide bonds. The number of hydrogen-bond donors (Lipinski definition) is 1. The predicted octanol–water partition coefficient (Wildman–Crippen LogP) is 3.72. The Morgan fingerprint density at radius 2 is 1.95 bits per heavy atom.